The number of amides is 1. The van der Waals surface area contributed by atoms with E-state index in [0.717, 1.165) is 18.7 Å². The first kappa shape index (κ1) is 11.9. The third kappa shape index (κ3) is 2.63. The largest absolute Gasteiger partial charge is 0.325 e. The number of anilines is 1. The summed E-state index contributed by atoms with van der Waals surface area (Å²) in [5, 5.41) is 6.17. The molecule has 0 radical (unpaired) electrons. The molecule has 0 saturated heterocycles. The smallest absolute Gasteiger partial charge is 0.241 e. The molecule has 1 aromatic heterocycles. The number of carbonyl (C=O) groups is 1. The van der Waals surface area contributed by atoms with Gasteiger partial charge in [-0.05, 0) is 29.7 Å². The van der Waals surface area contributed by atoms with Crippen molar-refractivity contribution in [2.24, 2.45) is 0 Å². The fourth-order valence-corrected chi connectivity index (χ4v) is 2.30. The zero-order chi connectivity index (χ0) is 13.1. The second kappa shape index (κ2) is 5.20. The highest BCUT2D eigenvalue weighted by molar-refractivity contribution is 5.95. The predicted octanol–water partition coefficient (Wildman–Crippen LogP) is 1.73. The summed E-state index contributed by atoms with van der Waals surface area (Å²) in [5.41, 5.74) is 3.30. The Morgan fingerprint density at radius 3 is 2.68 bits per heavy atom. The number of nitrogens with zero attached hydrogens (tertiary/aromatic N) is 1. The number of aromatic nitrogens is 1. The molecule has 1 amide bonds. The molecule has 0 aliphatic carbocycles. The van der Waals surface area contributed by atoms with Crippen molar-refractivity contribution < 1.29 is 4.79 Å². The first-order valence-electron chi connectivity index (χ1n) is 6.34. The number of nitrogens with one attached hydrogen (secondary N) is 2. The molecular weight excluding hydrogens is 238 g/mol. The van der Waals surface area contributed by atoms with Gasteiger partial charge in [0.25, 0.3) is 0 Å². The maximum atomic E-state index is 12.2. The topological polar surface area (TPSA) is 54.0 Å². The molecule has 2 aromatic rings. The summed E-state index contributed by atoms with van der Waals surface area (Å²) in [7, 11) is 0. The molecular formula is C15H15N3O. The molecule has 0 fully saturated rings. The van der Waals surface area contributed by atoms with Crippen molar-refractivity contribution in [2.75, 3.05) is 5.32 Å². The van der Waals surface area contributed by atoms with Gasteiger partial charge in [0.1, 0.15) is 0 Å². The van der Waals surface area contributed by atoms with E-state index >= 15 is 0 Å². The van der Waals surface area contributed by atoms with E-state index in [-0.39, 0.29) is 11.9 Å². The van der Waals surface area contributed by atoms with Crippen molar-refractivity contribution in [3.05, 3.63) is 59.9 Å². The Labute approximate surface area is 111 Å². The van der Waals surface area contributed by atoms with E-state index in [4.69, 9.17) is 0 Å². The monoisotopic (exact) mass is 253 g/mol. The van der Waals surface area contributed by atoms with Crippen LogP contribution in [-0.4, -0.2) is 16.9 Å². The average molecular weight is 253 g/mol. The second-order valence-electron chi connectivity index (χ2n) is 4.63. The van der Waals surface area contributed by atoms with Crippen LogP contribution in [0.1, 0.15) is 11.1 Å². The van der Waals surface area contributed by atoms with Crippen LogP contribution < -0.4 is 10.6 Å². The average Bonchev–Trinajstić information content (AvgIpc) is 2.48. The molecule has 2 N–H and O–H groups in total. The van der Waals surface area contributed by atoms with E-state index in [9.17, 15) is 4.79 Å². The molecule has 1 aliphatic heterocycles. The van der Waals surface area contributed by atoms with Crippen molar-refractivity contribution in [1.29, 1.82) is 0 Å². The number of hydrogen-bond donors (Lipinski definition) is 2. The van der Waals surface area contributed by atoms with Crippen LogP contribution in [0.4, 0.5) is 5.69 Å². The predicted molar refractivity (Wildman–Crippen MR) is 73.6 cm³/mol. The van der Waals surface area contributed by atoms with E-state index in [1.54, 1.807) is 24.5 Å². The van der Waals surface area contributed by atoms with Crippen LogP contribution in [0.3, 0.4) is 0 Å². The van der Waals surface area contributed by atoms with Gasteiger partial charge in [0.15, 0.2) is 0 Å². The van der Waals surface area contributed by atoms with Crippen molar-refractivity contribution in [3.8, 4) is 0 Å². The van der Waals surface area contributed by atoms with Gasteiger partial charge < -0.3 is 10.6 Å². The Balaban J connectivity index is 1.70. The highest BCUT2D eigenvalue weighted by atomic mass is 16.2. The van der Waals surface area contributed by atoms with Crippen LogP contribution in [0, 0.1) is 0 Å². The molecule has 1 atom stereocenters. The van der Waals surface area contributed by atoms with Gasteiger partial charge in [-0.15, -0.1) is 0 Å². The lowest BCUT2D eigenvalue weighted by atomic mass is 9.95. The number of carbonyl (C=O) groups excluding carboxylic acids is 1. The SMILES string of the molecule is O=C(Nc1ccncc1)C1Cc2ccccc2CN1. The summed E-state index contributed by atoms with van der Waals surface area (Å²) in [6.07, 6.45) is 4.06. The molecule has 0 spiro atoms. The molecule has 2 heterocycles. The minimum atomic E-state index is -0.178. The van der Waals surface area contributed by atoms with Gasteiger partial charge in [-0.25, -0.2) is 0 Å². The Bertz CT molecular complexity index is 583. The van der Waals surface area contributed by atoms with E-state index in [1.165, 1.54) is 11.1 Å². The minimum absolute atomic E-state index is 0.000651. The number of pyridine rings is 1. The molecule has 4 heteroatoms. The number of rotatable bonds is 2. The highest BCUT2D eigenvalue weighted by Crippen LogP contribution is 2.17. The third-order valence-corrected chi connectivity index (χ3v) is 3.35. The standard InChI is InChI=1S/C15H15N3O/c19-15(18-13-5-7-16-8-6-13)14-9-11-3-1-2-4-12(11)10-17-14/h1-8,14,17H,9-10H2,(H,16,18,19). The lowest BCUT2D eigenvalue weighted by molar-refractivity contribution is -0.118. The summed E-state index contributed by atoms with van der Waals surface area (Å²) >= 11 is 0. The van der Waals surface area contributed by atoms with Crippen LogP contribution in [-0.2, 0) is 17.8 Å². The molecule has 1 unspecified atom stereocenters. The van der Waals surface area contributed by atoms with Crippen LogP contribution in [0.2, 0.25) is 0 Å². The Kier molecular flexibility index (Phi) is 3.25. The van der Waals surface area contributed by atoms with Gasteiger partial charge in [0.05, 0.1) is 6.04 Å². The zero-order valence-electron chi connectivity index (χ0n) is 10.5. The van der Waals surface area contributed by atoms with Gasteiger partial charge in [-0.1, -0.05) is 24.3 Å². The summed E-state index contributed by atoms with van der Waals surface area (Å²) in [6, 6.07) is 11.6. The fourth-order valence-electron chi connectivity index (χ4n) is 2.30. The van der Waals surface area contributed by atoms with Gasteiger partial charge in [-0.2, -0.15) is 0 Å². The molecule has 19 heavy (non-hydrogen) atoms. The number of hydrogen-bond acceptors (Lipinski definition) is 3. The Hall–Kier alpha value is -2.20. The van der Waals surface area contributed by atoms with Crippen LogP contribution in [0.25, 0.3) is 0 Å². The normalized spacial score (nSPS) is 17.6. The van der Waals surface area contributed by atoms with Crippen molar-refractivity contribution in [1.82, 2.24) is 10.3 Å². The third-order valence-electron chi connectivity index (χ3n) is 3.35. The second-order valence-corrected chi connectivity index (χ2v) is 4.63. The number of fused-ring (bicyclic) bond motifs is 1. The van der Waals surface area contributed by atoms with E-state index in [1.807, 2.05) is 12.1 Å². The van der Waals surface area contributed by atoms with Gasteiger partial charge in [0, 0.05) is 24.6 Å². The fraction of sp³-hybridized carbons (Fsp3) is 0.200. The van der Waals surface area contributed by atoms with E-state index in [2.05, 4.69) is 27.8 Å². The highest BCUT2D eigenvalue weighted by Gasteiger charge is 2.23. The zero-order valence-corrected chi connectivity index (χ0v) is 10.5. The van der Waals surface area contributed by atoms with Crippen molar-refractivity contribution in [3.63, 3.8) is 0 Å². The van der Waals surface area contributed by atoms with Gasteiger partial charge in [-0.3, -0.25) is 9.78 Å². The lowest BCUT2D eigenvalue weighted by Crippen LogP contribution is -2.44. The summed E-state index contributed by atoms with van der Waals surface area (Å²) < 4.78 is 0. The van der Waals surface area contributed by atoms with Gasteiger partial charge >= 0.3 is 0 Å². The quantitative estimate of drug-likeness (QED) is 0.857. The minimum Gasteiger partial charge on any atom is -0.325 e. The maximum absolute atomic E-state index is 12.2. The van der Waals surface area contributed by atoms with Crippen molar-refractivity contribution in [2.45, 2.75) is 19.0 Å². The van der Waals surface area contributed by atoms with Gasteiger partial charge in [0.2, 0.25) is 5.91 Å². The molecule has 96 valence electrons. The van der Waals surface area contributed by atoms with Crippen LogP contribution >= 0.6 is 0 Å². The molecule has 0 saturated carbocycles. The summed E-state index contributed by atoms with van der Waals surface area (Å²) in [5.74, 6) is 0.000651. The molecule has 3 rings (SSSR count). The van der Waals surface area contributed by atoms with Crippen molar-refractivity contribution >= 4 is 11.6 Å². The first-order valence-corrected chi connectivity index (χ1v) is 6.34. The van der Waals surface area contributed by atoms with Crippen LogP contribution in [0.5, 0.6) is 0 Å². The van der Waals surface area contributed by atoms with E-state index < -0.39 is 0 Å². The molecule has 4 nitrogen and oxygen atoms in total. The Morgan fingerprint density at radius 1 is 1.16 bits per heavy atom. The molecule has 0 bridgehead atoms. The first-order chi connectivity index (χ1) is 9.33. The van der Waals surface area contributed by atoms with E-state index in [0.29, 0.717) is 0 Å². The molecule has 1 aromatic carbocycles. The lowest BCUT2D eigenvalue weighted by Gasteiger charge is -2.25. The number of benzene rings is 1. The Morgan fingerprint density at radius 2 is 1.89 bits per heavy atom. The summed E-state index contributed by atoms with van der Waals surface area (Å²) in [4.78, 5) is 16.1. The van der Waals surface area contributed by atoms with Crippen LogP contribution in [0.15, 0.2) is 48.8 Å². The summed E-state index contributed by atoms with van der Waals surface area (Å²) in [6.45, 7) is 0.741. The maximum Gasteiger partial charge on any atom is 0.241 e. The molecule has 1 aliphatic rings.